The summed E-state index contributed by atoms with van der Waals surface area (Å²) in [7, 11) is 0. The van der Waals surface area contributed by atoms with Crippen LogP contribution in [0.5, 0.6) is 0 Å². The van der Waals surface area contributed by atoms with Crippen LogP contribution in [0.15, 0.2) is 217 Å². The van der Waals surface area contributed by atoms with Gasteiger partial charge in [-0.2, -0.15) is 0 Å². The Morgan fingerprint density at radius 2 is 1.03 bits per heavy atom. The van der Waals surface area contributed by atoms with Crippen LogP contribution in [-0.4, -0.2) is 0 Å². The molecule has 2 atom stereocenters. The number of hydrogen-bond acceptors (Lipinski definition) is 1. The highest BCUT2D eigenvalue weighted by Crippen LogP contribution is 2.59. The summed E-state index contributed by atoms with van der Waals surface area (Å²) in [4.78, 5) is 0. The van der Waals surface area contributed by atoms with Crippen LogP contribution in [0.4, 0.5) is 0 Å². The van der Waals surface area contributed by atoms with Crippen molar-refractivity contribution in [3.8, 4) is 44.7 Å². The van der Waals surface area contributed by atoms with E-state index >= 15 is 0 Å². The van der Waals surface area contributed by atoms with Crippen molar-refractivity contribution in [1.82, 2.24) is 0 Å². The third kappa shape index (κ3) is 4.65. The molecule has 1 nitrogen and oxygen atoms in total. The largest absolute Gasteiger partial charge is 0.455 e. The molecule has 10 aromatic rings. The quantitative estimate of drug-likeness (QED) is 0.160. The first-order valence-corrected chi connectivity index (χ1v) is 20.4. The molecule has 12 rings (SSSR count). The van der Waals surface area contributed by atoms with Crippen molar-refractivity contribution in [3.05, 3.63) is 229 Å². The Morgan fingerprint density at radius 1 is 0.431 bits per heavy atom. The molecule has 1 heterocycles. The summed E-state index contributed by atoms with van der Waals surface area (Å²) in [5.41, 5.74) is 13.1. The van der Waals surface area contributed by atoms with Gasteiger partial charge in [0.1, 0.15) is 11.3 Å². The molecule has 0 aliphatic heterocycles. The predicted octanol–water partition coefficient (Wildman–Crippen LogP) is 15.3. The van der Waals surface area contributed by atoms with Crippen molar-refractivity contribution < 1.29 is 4.42 Å². The fourth-order valence-corrected chi connectivity index (χ4v) is 10.6. The number of rotatable bonds is 5. The molecular formula is C57H38O. The lowest BCUT2D eigenvalue weighted by Crippen LogP contribution is -2.35. The predicted molar refractivity (Wildman–Crippen MR) is 243 cm³/mol. The van der Waals surface area contributed by atoms with E-state index in [1.54, 1.807) is 0 Å². The second-order valence-corrected chi connectivity index (χ2v) is 15.8. The van der Waals surface area contributed by atoms with Gasteiger partial charge < -0.3 is 4.42 Å². The fourth-order valence-electron chi connectivity index (χ4n) is 10.6. The van der Waals surface area contributed by atoms with E-state index in [2.05, 4.69) is 212 Å². The van der Waals surface area contributed by atoms with Gasteiger partial charge in [0.25, 0.3) is 0 Å². The summed E-state index contributed by atoms with van der Waals surface area (Å²) in [6, 6.07) is 69.3. The Morgan fingerprint density at radius 3 is 1.79 bits per heavy atom. The van der Waals surface area contributed by atoms with Gasteiger partial charge in [-0.25, -0.2) is 0 Å². The standard InChI is InChI=1S/C57H38O/c1-3-20-39(21-4-1)57(40-22-5-2-6-23-40)50-32-15-13-25-42(50)49-36-38(34-35-51(49)57)56-55(48-30-14-16-33-52(48)58-56)54-46-28-11-9-26-44(46)53(45-27-10-12-29-47(45)54)43-31-17-19-37-18-7-8-24-41(37)43/h1-22,24-36,40H,23H2. The molecule has 0 saturated heterocycles. The first-order valence-electron chi connectivity index (χ1n) is 20.4. The lowest BCUT2D eigenvalue weighted by atomic mass is 9.62. The van der Waals surface area contributed by atoms with Crippen LogP contribution in [-0.2, 0) is 5.41 Å². The Labute approximate surface area is 337 Å². The zero-order valence-corrected chi connectivity index (χ0v) is 31.9. The topological polar surface area (TPSA) is 13.1 Å². The first kappa shape index (κ1) is 33.0. The Bertz CT molecular complexity index is 3260. The van der Waals surface area contributed by atoms with Crippen molar-refractivity contribution in [2.24, 2.45) is 5.92 Å². The van der Waals surface area contributed by atoms with Crippen LogP contribution in [0.2, 0.25) is 0 Å². The Kier molecular flexibility index (Phi) is 7.34. The zero-order chi connectivity index (χ0) is 38.2. The first-order chi connectivity index (χ1) is 28.8. The summed E-state index contributed by atoms with van der Waals surface area (Å²) < 4.78 is 7.09. The molecule has 2 aliphatic carbocycles. The lowest BCUT2D eigenvalue weighted by molar-refractivity contribution is 0.457. The van der Waals surface area contributed by atoms with Crippen molar-refractivity contribution >= 4 is 43.3 Å². The van der Waals surface area contributed by atoms with Gasteiger partial charge in [-0.1, -0.05) is 200 Å². The summed E-state index contributed by atoms with van der Waals surface area (Å²) >= 11 is 0. The SMILES string of the molecule is C1=CCC(C2(c3ccccc3)c3ccccc3-c3cc(-c4oc5ccccc5c4-c4c5ccccc5c(-c5cccc6ccccc56)c5ccccc45)ccc32)C=C1. The molecule has 0 spiro atoms. The lowest BCUT2D eigenvalue weighted by Gasteiger charge is -2.39. The molecular weight excluding hydrogens is 701 g/mol. The van der Waals surface area contributed by atoms with Crippen LogP contribution in [0, 0.1) is 5.92 Å². The average molecular weight is 739 g/mol. The maximum atomic E-state index is 7.09. The van der Waals surface area contributed by atoms with Crippen LogP contribution < -0.4 is 0 Å². The Hall–Kier alpha value is -7.22. The smallest absolute Gasteiger partial charge is 0.143 e. The van der Waals surface area contributed by atoms with Crippen molar-refractivity contribution in [1.29, 1.82) is 0 Å². The normalized spacial score (nSPS) is 17.0. The van der Waals surface area contributed by atoms with Crippen LogP contribution >= 0.6 is 0 Å². The second-order valence-electron chi connectivity index (χ2n) is 15.8. The summed E-state index contributed by atoms with van der Waals surface area (Å²) in [5.74, 6) is 1.17. The molecule has 58 heavy (non-hydrogen) atoms. The van der Waals surface area contributed by atoms with Gasteiger partial charge in [-0.3, -0.25) is 0 Å². The number of para-hydroxylation sites is 1. The van der Waals surface area contributed by atoms with Crippen molar-refractivity contribution in [2.75, 3.05) is 0 Å². The van der Waals surface area contributed by atoms with Gasteiger partial charge in [0.05, 0.1) is 5.41 Å². The molecule has 272 valence electrons. The highest BCUT2D eigenvalue weighted by molar-refractivity contribution is 6.26. The monoisotopic (exact) mass is 738 g/mol. The highest BCUT2D eigenvalue weighted by Gasteiger charge is 2.49. The van der Waals surface area contributed by atoms with E-state index in [1.165, 1.54) is 76.8 Å². The van der Waals surface area contributed by atoms with E-state index in [1.807, 2.05) is 0 Å². The minimum Gasteiger partial charge on any atom is -0.455 e. The van der Waals surface area contributed by atoms with E-state index in [0.717, 1.165) is 34.3 Å². The maximum Gasteiger partial charge on any atom is 0.143 e. The Balaban J connectivity index is 1.15. The van der Waals surface area contributed by atoms with E-state index in [0.29, 0.717) is 0 Å². The minimum atomic E-state index is -0.326. The van der Waals surface area contributed by atoms with Gasteiger partial charge in [0, 0.05) is 22.1 Å². The third-order valence-corrected chi connectivity index (χ3v) is 13.0. The molecule has 0 saturated carbocycles. The molecule has 0 N–H and O–H groups in total. The zero-order valence-electron chi connectivity index (χ0n) is 31.9. The van der Waals surface area contributed by atoms with E-state index in [9.17, 15) is 0 Å². The number of hydrogen-bond donors (Lipinski definition) is 0. The molecule has 9 aromatic carbocycles. The van der Waals surface area contributed by atoms with Crippen molar-refractivity contribution in [2.45, 2.75) is 11.8 Å². The van der Waals surface area contributed by atoms with Crippen LogP contribution in [0.3, 0.4) is 0 Å². The molecule has 0 radical (unpaired) electrons. The molecule has 0 fully saturated rings. The van der Waals surface area contributed by atoms with E-state index in [-0.39, 0.29) is 11.3 Å². The maximum absolute atomic E-state index is 7.09. The molecule has 0 bridgehead atoms. The number of benzene rings is 9. The number of allylic oxidation sites excluding steroid dienone is 4. The molecule has 1 heteroatoms. The van der Waals surface area contributed by atoms with Gasteiger partial charge in [0.2, 0.25) is 0 Å². The molecule has 1 aromatic heterocycles. The second kappa shape index (κ2) is 12.9. The van der Waals surface area contributed by atoms with Gasteiger partial charge in [-0.05, 0) is 95.7 Å². The highest BCUT2D eigenvalue weighted by atomic mass is 16.3. The van der Waals surface area contributed by atoms with Crippen molar-refractivity contribution in [3.63, 3.8) is 0 Å². The number of furan rings is 1. The van der Waals surface area contributed by atoms with Gasteiger partial charge in [-0.15, -0.1) is 0 Å². The summed E-state index contributed by atoms with van der Waals surface area (Å²) in [5, 5.41) is 8.50. The molecule has 2 unspecified atom stereocenters. The van der Waals surface area contributed by atoms with E-state index in [4.69, 9.17) is 4.42 Å². The third-order valence-electron chi connectivity index (χ3n) is 13.0. The molecule has 0 amide bonds. The van der Waals surface area contributed by atoms with Crippen LogP contribution in [0.1, 0.15) is 23.1 Å². The average Bonchev–Trinajstić information content (AvgIpc) is 3.82. The fraction of sp³-hybridized carbons (Fsp3) is 0.0526. The number of fused-ring (bicyclic) bond motifs is 7. The van der Waals surface area contributed by atoms with Crippen LogP contribution in [0.25, 0.3) is 88.0 Å². The van der Waals surface area contributed by atoms with E-state index < -0.39 is 0 Å². The molecule has 2 aliphatic rings. The minimum absolute atomic E-state index is 0.271. The summed E-state index contributed by atoms with van der Waals surface area (Å²) in [6.07, 6.45) is 10.1. The van der Waals surface area contributed by atoms with Gasteiger partial charge >= 0.3 is 0 Å². The van der Waals surface area contributed by atoms with Gasteiger partial charge in [0.15, 0.2) is 0 Å². The summed E-state index contributed by atoms with van der Waals surface area (Å²) in [6.45, 7) is 0.